The largest absolute Gasteiger partial charge is 0.0992 e. The van der Waals surface area contributed by atoms with Crippen LogP contribution in [0, 0.1) is 0 Å². The molecule has 0 aromatic heterocycles. The van der Waals surface area contributed by atoms with E-state index in [1.54, 1.807) is 0 Å². The molecule has 0 N–H and O–H groups in total. The van der Waals surface area contributed by atoms with Crippen LogP contribution in [-0.2, 0) is 0 Å². The summed E-state index contributed by atoms with van der Waals surface area (Å²) in [4.78, 5) is 0. The Bertz CT molecular complexity index is 373. The fourth-order valence-electron chi connectivity index (χ4n) is 1.19. The van der Waals surface area contributed by atoms with E-state index in [4.69, 9.17) is 23.2 Å². The number of benzene rings is 1. The van der Waals surface area contributed by atoms with E-state index in [1.807, 2.05) is 36.4 Å². The van der Waals surface area contributed by atoms with Crippen molar-refractivity contribution in [2.45, 2.75) is 0 Å². The standard InChI is InChI=1S/C12H12.C2H2Cl2/c1-4-10-8-7-9-11(5-2)12(10)6-3;1-2(3)4/h4-9H,1-3H2;1H2. The smallest absolute Gasteiger partial charge is 0.0984 e. The molecule has 0 nitrogen and oxygen atoms in total. The second kappa shape index (κ2) is 7.98. The molecule has 1 aromatic rings. The number of halogens is 2. The van der Waals surface area contributed by atoms with Gasteiger partial charge >= 0.3 is 0 Å². The Labute approximate surface area is 107 Å². The summed E-state index contributed by atoms with van der Waals surface area (Å²) in [5, 5.41) is 0. The van der Waals surface area contributed by atoms with Gasteiger partial charge in [0, 0.05) is 0 Å². The van der Waals surface area contributed by atoms with Gasteiger partial charge in [-0.15, -0.1) is 0 Å². The molecule has 0 heterocycles. The van der Waals surface area contributed by atoms with Crippen molar-refractivity contribution in [3.63, 3.8) is 0 Å². The summed E-state index contributed by atoms with van der Waals surface area (Å²) in [6.45, 7) is 14.3. The minimum Gasteiger partial charge on any atom is -0.0984 e. The van der Waals surface area contributed by atoms with Crippen LogP contribution in [0.3, 0.4) is 0 Å². The van der Waals surface area contributed by atoms with Crippen LogP contribution < -0.4 is 0 Å². The Hall–Kier alpha value is -1.24. The number of rotatable bonds is 3. The first-order valence-electron chi connectivity index (χ1n) is 4.57. The molecule has 2 heteroatoms. The Balaban J connectivity index is 0.000000487. The van der Waals surface area contributed by atoms with Crippen LogP contribution in [0.5, 0.6) is 0 Å². The topological polar surface area (TPSA) is 0 Å². The van der Waals surface area contributed by atoms with Crippen molar-refractivity contribution in [3.05, 3.63) is 65.7 Å². The average molecular weight is 253 g/mol. The van der Waals surface area contributed by atoms with Crippen molar-refractivity contribution in [2.75, 3.05) is 0 Å². The molecular formula is C14H14Cl2. The minimum absolute atomic E-state index is 0.111. The monoisotopic (exact) mass is 252 g/mol. The van der Waals surface area contributed by atoms with Crippen LogP contribution in [0.1, 0.15) is 16.7 Å². The van der Waals surface area contributed by atoms with Gasteiger partial charge in [0.1, 0.15) is 0 Å². The van der Waals surface area contributed by atoms with E-state index >= 15 is 0 Å². The number of hydrogen-bond donors (Lipinski definition) is 0. The van der Waals surface area contributed by atoms with Crippen molar-refractivity contribution < 1.29 is 0 Å². The lowest BCUT2D eigenvalue weighted by atomic mass is 10.0. The predicted octanol–water partition coefficient (Wildman–Crippen LogP) is 5.55. The fourth-order valence-corrected chi connectivity index (χ4v) is 1.19. The van der Waals surface area contributed by atoms with Crippen molar-refractivity contribution in [1.82, 2.24) is 0 Å². The summed E-state index contributed by atoms with van der Waals surface area (Å²) in [7, 11) is 0. The van der Waals surface area contributed by atoms with E-state index in [2.05, 4.69) is 26.3 Å². The molecule has 16 heavy (non-hydrogen) atoms. The summed E-state index contributed by atoms with van der Waals surface area (Å²) in [6.07, 6.45) is 5.47. The zero-order valence-electron chi connectivity index (χ0n) is 9.05. The molecule has 0 amide bonds. The molecule has 0 bridgehead atoms. The van der Waals surface area contributed by atoms with Crippen molar-refractivity contribution in [1.29, 1.82) is 0 Å². The van der Waals surface area contributed by atoms with Gasteiger partial charge in [-0.2, -0.15) is 0 Å². The van der Waals surface area contributed by atoms with Gasteiger partial charge in [-0.25, -0.2) is 0 Å². The van der Waals surface area contributed by atoms with Gasteiger partial charge in [-0.3, -0.25) is 0 Å². The summed E-state index contributed by atoms with van der Waals surface area (Å²) >= 11 is 9.69. The van der Waals surface area contributed by atoms with Crippen LogP contribution in [-0.4, -0.2) is 0 Å². The fraction of sp³-hybridized carbons (Fsp3) is 0. The molecule has 0 fully saturated rings. The molecule has 84 valence electrons. The normalized spacial score (nSPS) is 8.38. The maximum Gasteiger partial charge on any atom is 0.0992 e. The third-order valence-corrected chi connectivity index (χ3v) is 1.82. The Morgan fingerprint density at radius 2 is 1.31 bits per heavy atom. The average Bonchev–Trinajstić information content (AvgIpc) is 2.26. The second-order valence-electron chi connectivity index (χ2n) is 2.80. The highest BCUT2D eigenvalue weighted by Crippen LogP contribution is 2.17. The van der Waals surface area contributed by atoms with Crippen molar-refractivity contribution in [2.24, 2.45) is 0 Å². The molecule has 1 rings (SSSR count). The molecule has 0 aliphatic rings. The summed E-state index contributed by atoms with van der Waals surface area (Å²) in [5.41, 5.74) is 3.30. The van der Waals surface area contributed by atoms with Crippen LogP contribution in [0.4, 0.5) is 0 Å². The Morgan fingerprint density at radius 3 is 1.56 bits per heavy atom. The third kappa shape index (κ3) is 5.01. The van der Waals surface area contributed by atoms with Crippen molar-refractivity contribution >= 4 is 41.4 Å². The molecule has 0 spiro atoms. The first-order chi connectivity index (χ1) is 7.56. The quantitative estimate of drug-likeness (QED) is 0.662. The maximum absolute atomic E-state index is 4.85. The molecule has 1 aromatic carbocycles. The van der Waals surface area contributed by atoms with E-state index in [9.17, 15) is 0 Å². The SMILES string of the molecule is C=C(Cl)Cl.C=Cc1cccc(C=C)c1C=C. The van der Waals surface area contributed by atoms with Gasteiger partial charge in [0.15, 0.2) is 0 Å². The molecule has 0 atom stereocenters. The predicted molar refractivity (Wildman–Crippen MR) is 77.6 cm³/mol. The van der Waals surface area contributed by atoms with Gasteiger partial charge in [-0.1, -0.05) is 85.9 Å². The highest BCUT2D eigenvalue weighted by molar-refractivity contribution is 6.55. The lowest BCUT2D eigenvalue weighted by Crippen LogP contribution is -1.84. The Kier molecular flexibility index (Phi) is 7.36. The summed E-state index contributed by atoms with van der Waals surface area (Å²) < 4.78 is 0.111. The van der Waals surface area contributed by atoms with E-state index in [-0.39, 0.29) is 4.49 Å². The first-order valence-corrected chi connectivity index (χ1v) is 5.32. The molecule has 0 unspecified atom stereocenters. The van der Waals surface area contributed by atoms with E-state index in [1.165, 1.54) is 0 Å². The van der Waals surface area contributed by atoms with Gasteiger partial charge < -0.3 is 0 Å². The molecule has 0 aliphatic carbocycles. The molecule has 0 aliphatic heterocycles. The van der Waals surface area contributed by atoms with Gasteiger partial charge in [0.05, 0.1) is 4.49 Å². The molecule has 0 saturated heterocycles. The van der Waals surface area contributed by atoms with E-state index in [0.717, 1.165) is 16.7 Å². The third-order valence-electron chi connectivity index (χ3n) is 1.82. The molecular weight excluding hydrogens is 239 g/mol. The molecule has 0 radical (unpaired) electrons. The lowest BCUT2D eigenvalue weighted by Gasteiger charge is -2.03. The van der Waals surface area contributed by atoms with Gasteiger partial charge in [0.25, 0.3) is 0 Å². The summed E-state index contributed by atoms with van der Waals surface area (Å²) in [5.74, 6) is 0. The minimum atomic E-state index is 0.111. The zero-order valence-corrected chi connectivity index (χ0v) is 10.6. The highest BCUT2D eigenvalue weighted by Gasteiger charge is 1.97. The van der Waals surface area contributed by atoms with Crippen LogP contribution >= 0.6 is 23.2 Å². The van der Waals surface area contributed by atoms with Gasteiger partial charge in [-0.05, 0) is 16.7 Å². The van der Waals surface area contributed by atoms with Crippen molar-refractivity contribution in [3.8, 4) is 0 Å². The van der Waals surface area contributed by atoms with Gasteiger partial charge in [0.2, 0.25) is 0 Å². The lowest BCUT2D eigenvalue weighted by molar-refractivity contribution is 1.58. The van der Waals surface area contributed by atoms with E-state index < -0.39 is 0 Å². The zero-order chi connectivity index (χ0) is 12.6. The van der Waals surface area contributed by atoms with Crippen LogP contribution in [0.25, 0.3) is 18.2 Å². The second-order valence-corrected chi connectivity index (χ2v) is 3.91. The first kappa shape index (κ1) is 14.8. The number of hydrogen-bond acceptors (Lipinski definition) is 0. The molecule has 0 saturated carbocycles. The highest BCUT2D eigenvalue weighted by atomic mass is 35.5. The van der Waals surface area contributed by atoms with Crippen LogP contribution in [0.2, 0.25) is 0 Å². The maximum atomic E-state index is 4.85. The van der Waals surface area contributed by atoms with Crippen LogP contribution in [0.15, 0.2) is 49.0 Å². The van der Waals surface area contributed by atoms with E-state index in [0.29, 0.717) is 0 Å². The Morgan fingerprint density at radius 1 is 0.938 bits per heavy atom. The summed E-state index contributed by atoms with van der Waals surface area (Å²) in [6, 6.07) is 6.01.